The molecule has 0 atom stereocenters. The fraction of sp³-hybridized carbons (Fsp3) is 0.517. The van der Waals surface area contributed by atoms with Crippen molar-refractivity contribution in [1.29, 1.82) is 0 Å². The molecule has 0 fully saturated rings. The smallest absolute Gasteiger partial charge is 0.347 e. The number of carboxylic acids is 1. The van der Waals surface area contributed by atoms with Gasteiger partial charge in [0.05, 0.1) is 7.11 Å². The molecule has 0 amide bonds. The number of aromatic hydroxyl groups is 2. The van der Waals surface area contributed by atoms with Crippen LogP contribution in [0.4, 0.5) is 0 Å². The van der Waals surface area contributed by atoms with Crippen molar-refractivity contribution in [3.05, 3.63) is 46.5 Å². The topological polar surface area (TPSA) is 113 Å². The van der Waals surface area contributed by atoms with Crippen molar-refractivity contribution in [2.45, 2.75) is 90.9 Å². The van der Waals surface area contributed by atoms with Gasteiger partial charge in [-0.25, -0.2) is 9.59 Å². The summed E-state index contributed by atoms with van der Waals surface area (Å²) in [6.07, 6.45) is 11.2. The molecule has 0 unspecified atom stereocenters. The minimum absolute atomic E-state index is 0.0372. The second-order valence-corrected chi connectivity index (χ2v) is 9.18. The largest absolute Gasteiger partial charge is 0.507 e. The van der Waals surface area contributed by atoms with Crippen LogP contribution in [0.15, 0.2) is 24.3 Å². The van der Waals surface area contributed by atoms with Crippen LogP contribution >= 0.6 is 0 Å². The van der Waals surface area contributed by atoms with Gasteiger partial charge in [-0.3, -0.25) is 0 Å². The van der Waals surface area contributed by atoms with E-state index in [1.54, 1.807) is 6.07 Å². The van der Waals surface area contributed by atoms with Crippen molar-refractivity contribution < 1.29 is 34.4 Å². The van der Waals surface area contributed by atoms with Crippen LogP contribution in [0.1, 0.15) is 110 Å². The van der Waals surface area contributed by atoms with E-state index in [4.69, 9.17) is 9.47 Å². The van der Waals surface area contributed by atoms with E-state index in [1.807, 2.05) is 0 Å². The van der Waals surface area contributed by atoms with Gasteiger partial charge >= 0.3 is 11.9 Å². The average Bonchev–Trinajstić information content (AvgIpc) is 2.82. The molecule has 0 aromatic heterocycles. The molecule has 36 heavy (non-hydrogen) atoms. The lowest BCUT2D eigenvalue weighted by Gasteiger charge is -2.15. The molecular formula is C29H40O7. The first kappa shape index (κ1) is 29.0. The molecule has 2 aromatic carbocycles. The third kappa shape index (κ3) is 8.47. The maximum atomic E-state index is 13.1. The number of phenols is 2. The molecule has 0 aliphatic carbocycles. The molecule has 0 aliphatic rings. The average molecular weight is 501 g/mol. The third-order valence-electron chi connectivity index (χ3n) is 6.31. The van der Waals surface area contributed by atoms with Crippen LogP contribution in [0, 0.1) is 0 Å². The molecule has 0 saturated carbocycles. The molecule has 0 bridgehead atoms. The van der Waals surface area contributed by atoms with Crippen molar-refractivity contribution in [2.75, 3.05) is 7.11 Å². The van der Waals surface area contributed by atoms with Crippen LogP contribution in [0.25, 0.3) is 0 Å². The summed E-state index contributed by atoms with van der Waals surface area (Å²) in [5.41, 5.74) is 0.910. The van der Waals surface area contributed by atoms with Crippen LogP contribution in [-0.4, -0.2) is 34.4 Å². The molecule has 2 aromatic rings. The van der Waals surface area contributed by atoms with E-state index in [9.17, 15) is 24.9 Å². The predicted molar refractivity (Wildman–Crippen MR) is 140 cm³/mol. The summed E-state index contributed by atoms with van der Waals surface area (Å²) < 4.78 is 10.8. The zero-order valence-electron chi connectivity index (χ0n) is 21.8. The summed E-state index contributed by atoms with van der Waals surface area (Å²) in [5, 5.41) is 30.6. The number of methoxy groups -OCH3 is 1. The van der Waals surface area contributed by atoms with Crippen molar-refractivity contribution >= 4 is 11.9 Å². The Morgan fingerprint density at radius 3 is 1.69 bits per heavy atom. The quantitative estimate of drug-likeness (QED) is 0.129. The minimum atomic E-state index is -1.23. The Morgan fingerprint density at radius 1 is 0.694 bits per heavy atom. The zero-order valence-corrected chi connectivity index (χ0v) is 21.8. The van der Waals surface area contributed by atoms with Crippen molar-refractivity contribution in [3.8, 4) is 23.0 Å². The van der Waals surface area contributed by atoms with Gasteiger partial charge in [0.1, 0.15) is 34.1 Å². The van der Waals surface area contributed by atoms with E-state index >= 15 is 0 Å². The predicted octanol–water partition coefficient (Wildman–Crippen LogP) is 7.05. The Hall–Kier alpha value is -3.22. The van der Waals surface area contributed by atoms with Crippen LogP contribution in [0.2, 0.25) is 0 Å². The second-order valence-electron chi connectivity index (χ2n) is 9.18. The van der Waals surface area contributed by atoms with Crippen molar-refractivity contribution in [2.24, 2.45) is 0 Å². The molecule has 7 heteroatoms. The number of aromatic carboxylic acids is 1. The van der Waals surface area contributed by atoms with Crippen molar-refractivity contribution in [3.63, 3.8) is 0 Å². The Kier molecular flexibility index (Phi) is 12.1. The number of phenolic OH excluding ortho intramolecular Hbond substituents is 1. The van der Waals surface area contributed by atoms with Gasteiger partial charge in [0.15, 0.2) is 0 Å². The summed E-state index contributed by atoms with van der Waals surface area (Å²) in [7, 11) is 1.49. The monoisotopic (exact) mass is 500 g/mol. The van der Waals surface area contributed by atoms with E-state index in [0.29, 0.717) is 29.7 Å². The SMILES string of the molecule is CCCCCCCc1cc(OC(=O)c2c(O)cc(OC)cc2CCCCCCC)cc(O)c1C(=O)O. The van der Waals surface area contributed by atoms with Gasteiger partial charge in [0.25, 0.3) is 0 Å². The number of carbonyl (C=O) groups is 2. The van der Waals surface area contributed by atoms with E-state index in [1.165, 1.54) is 19.2 Å². The summed E-state index contributed by atoms with van der Waals surface area (Å²) in [6.45, 7) is 4.27. The van der Waals surface area contributed by atoms with Crippen LogP contribution in [0.3, 0.4) is 0 Å². The standard InChI is InChI=1S/C29H40O7/c1-4-6-8-10-12-14-20-17-23(19-24(30)26(20)28(32)33)36-29(34)27-21(15-13-11-9-7-5-2)16-22(35-3)18-25(27)31/h16-19,30-31H,4-15H2,1-3H3,(H,32,33). The van der Waals surface area contributed by atoms with Gasteiger partial charge in [-0.15, -0.1) is 0 Å². The lowest BCUT2D eigenvalue weighted by Crippen LogP contribution is -2.13. The fourth-order valence-electron chi connectivity index (χ4n) is 4.36. The molecule has 0 aliphatic heterocycles. The van der Waals surface area contributed by atoms with Crippen molar-refractivity contribution in [1.82, 2.24) is 0 Å². The van der Waals surface area contributed by atoms with Gasteiger partial charge in [-0.05, 0) is 48.9 Å². The maximum Gasteiger partial charge on any atom is 0.347 e. The molecular weight excluding hydrogens is 460 g/mol. The number of unbranched alkanes of at least 4 members (excludes halogenated alkanes) is 8. The molecule has 0 heterocycles. The first-order chi connectivity index (χ1) is 17.3. The lowest BCUT2D eigenvalue weighted by atomic mass is 9.98. The zero-order chi connectivity index (χ0) is 26.5. The highest BCUT2D eigenvalue weighted by atomic mass is 16.5. The lowest BCUT2D eigenvalue weighted by molar-refractivity contribution is 0.0692. The highest BCUT2D eigenvalue weighted by Gasteiger charge is 2.23. The van der Waals surface area contributed by atoms with E-state index < -0.39 is 17.7 Å². The number of esters is 1. The fourth-order valence-corrected chi connectivity index (χ4v) is 4.36. The normalized spacial score (nSPS) is 10.9. The first-order valence-corrected chi connectivity index (χ1v) is 13.0. The van der Waals surface area contributed by atoms with E-state index in [0.717, 1.165) is 70.3 Å². The number of benzene rings is 2. The van der Waals surface area contributed by atoms with Crippen LogP contribution in [-0.2, 0) is 12.8 Å². The first-order valence-electron chi connectivity index (χ1n) is 13.0. The van der Waals surface area contributed by atoms with Crippen LogP contribution < -0.4 is 9.47 Å². The van der Waals surface area contributed by atoms with Gasteiger partial charge in [-0.1, -0.05) is 65.2 Å². The molecule has 198 valence electrons. The molecule has 7 nitrogen and oxygen atoms in total. The number of hydrogen-bond acceptors (Lipinski definition) is 6. The summed E-state index contributed by atoms with van der Waals surface area (Å²) in [6, 6.07) is 5.71. The number of aryl methyl sites for hydroxylation is 2. The van der Waals surface area contributed by atoms with E-state index in [2.05, 4.69) is 13.8 Å². The number of carboxylic acid groups (broad SMARTS) is 1. The number of hydrogen-bond donors (Lipinski definition) is 3. The number of carbonyl (C=O) groups excluding carboxylic acids is 1. The third-order valence-corrected chi connectivity index (χ3v) is 6.31. The number of rotatable bonds is 16. The van der Waals surface area contributed by atoms with Gasteiger partial charge in [0, 0.05) is 12.1 Å². The Morgan fingerprint density at radius 2 is 1.17 bits per heavy atom. The van der Waals surface area contributed by atoms with Crippen LogP contribution in [0.5, 0.6) is 23.0 Å². The van der Waals surface area contributed by atoms with E-state index in [-0.39, 0.29) is 22.6 Å². The molecule has 0 saturated heterocycles. The highest BCUT2D eigenvalue weighted by Crippen LogP contribution is 2.33. The van der Waals surface area contributed by atoms with Gasteiger partial charge in [0.2, 0.25) is 0 Å². The molecule has 0 radical (unpaired) electrons. The highest BCUT2D eigenvalue weighted by molar-refractivity contribution is 5.96. The second kappa shape index (κ2) is 15.0. The Labute approximate surface area is 214 Å². The minimum Gasteiger partial charge on any atom is -0.507 e. The summed E-state index contributed by atoms with van der Waals surface area (Å²) in [5.74, 6) is -2.21. The van der Waals surface area contributed by atoms with Gasteiger partial charge < -0.3 is 24.8 Å². The number of ether oxygens (including phenoxy) is 2. The molecule has 0 spiro atoms. The summed E-state index contributed by atoms with van der Waals surface area (Å²) >= 11 is 0. The Bertz CT molecular complexity index is 1010. The molecule has 3 N–H and O–H groups in total. The Balaban J connectivity index is 2.27. The molecule has 2 rings (SSSR count). The summed E-state index contributed by atoms with van der Waals surface area (Å²) in [4.78, 5) is 24.9. The maximum absolute atomic E-state index is 13.1. The van der Waals surface area contributed by atoms with Gasteiger partial charge in [-0.2, -0.15) is 0 Å².